The minimum Gasteiger partial charge on any atom is -0.339 e. The van der Waals surface area contributed by atoms with Crippen LogP contribution < -0.4 is 0 Å². The maximum atomic E-state index is 3.54. The van der Waals surface area contributed by atoms with Gasteiger partial charge in [-0.05, 0) is 0 Å². The van der Waals surface area contributed by atoms with Crippen molar-refractivity contribution in [2.75, 3.05) is 0 Å². The van der Waals surface area contributed by atoms with Crippen molar-refractivity contribution in [1.29, 1.82) is 0 Å². The first-order valence-electron chi connectivity index (χ1n) is 1.50. The molecule has 0 atom stereocenters. The largest absolute Gasteiger partial charge is 0.339 e. The maximum absolute atomic E-state index is 3.54. The fraction of sp³-hybridized carbons (Fsp3) is 0.500. The molecule has 0 heterocycles. The number of hydrogen-bond acceptors (Lipinski definition) is 0. The van der Waals surface area contributed by atoms with E-state index in [0.717, 1.165) is 12.8 Å². The van der Waals surface area contributed by atoms with E-state index in [1.807, 2.05) is 0 Å². The second kappa shape index (κ2) is 2.87. The molecule has 0 aromatic heterocycles. The van der Waals surface area contributed by atoms with Gasteiger partial charge in [-0.3, -0.25) is 0 Å². The van der Waals surface area contributed by atoms with Gasteiger partial charge in [-0.2, -0.15) is 0 Å². The second-order valence-electron chi connectivity index (χ2n) is 0.707. The molecule has 0 heteroatoms. The highest BCUT2D eigenvalue weighted by Crippen LogP contribution is 1.75. The fourth-order valence-electron chi connectivity index (χ4n) is 0. The lowest BCUT2D eigenvalue weighted by Gasteiger charge is -1.71. The third-order valence-corrected chi connectivity index (χ3v) is 0.250. The molecule has 0 nitrogen and oxygen atoms in total. The monoisotopic (exact) mass is 56.1 g/mol. The summed E-state index contributed by atoms with van der Waals surface area (Å²) in [5.41, 5.74) is 0. The summed E-state index contributed by atoms with van der Waals surface area (Å²) in [6.45, 7) is 7.08. The first-order valence-corrected chi connectivity index (χ1v) is 1.50. The first kappa shape index (κ1) is 3.87. The Morgan fingerprint density at radius 3 is 2.00 bits per heavy atom. The molecule has 0 unspecified atom stereocenters. The Balaban J connectivity index is 1.97. The van der Waals surface area contributed by atoms with Gasteiger partial charge < -0.3 is 6.92 Å². The minimum atomic E-state index is 0.958. The van der Waals surface area contributed by atoms with Crippen molar-refractivity contribution in [3.8, 4) is 0 Å². The van der Waals surface area contributed by atoms with E-state index in [4.69, 9.17) is 0 Å². The maximum Gasteiger partial charge on any atom is 0.0587 e. The standard InChI is InChI=1S/C4H8/c1-3-4-2/h1-4H2. The van der Waals surface area contributed by atoms with Crippen molar-refractivity contribution in [3.63, 3.8) is 0 Å². The van der Waals surface area contributed by atoms with Gasteiger partial charge in [0, 0.05) is 0 Å². The van der Waals surface area contributed by atoms with Crippen LogP contribution in [0.25, 0.3) is 0 Å². The van der Waals surface area contributed by atoms with E-state index in [-0.39, 0.29) is 0 Å². The van der Waals surface area contributed by atoms with Gasteiger partial charge in [-0.25, -0.2) is 0 Å². The van der Waals surface area contributed by atoms with Crippen molar-refractivity contribution in [2.45, 2.75) is 12.8 Å². The predicted molar refractivity (Wildman–Crippen MR) is 19.9 cm³/mol. The van der Waals surface area contributed by atoms with Gasteiger partial charge in [0.05, 0.1) is 13.3 Å². The van der Waals surface area contributed by atoms with Gasteiger partial charge in [0.2, 0.25) is 0 Å². The molecule has 0 amide bonds. The van der Waals surface area contributed by atoms with Crippen molar-refractivity contribution in [3.05, 3.63) is 13.8 Å². The van der Waals surface area contributed by atoms with Crippen LogP contribution in [0.2, 0.25) is 0 Å². The van der Waals surface area contributed by atoms with Crippen LogP contribution in [0.1, 0.15) is 12.8 Å². The van der Waals surface area contributed by atoms with Crippen LogP contribution in [0.4, 0.5) is 0 Å². The topological polar surface area (TPSA) is 0 Å². The van der Waals surface area contributed by atoms with Gasteiger partial charge in [0.25, 0.3) is 0 Å². The van der Waals surface area contributed by atoms with Gasteiger partial charge in [-0.1, -0.05) is 0 Å². The van der Waals surface area contributed by atoms with Gasteiger partial charge in [0.1, 0.15) is 0 Å². The van der Waals surface area contributed by atoms with E-state index >= 15 is 0 Å². The highest BCUT2D eigenvalue weighted by molar-refractivity contribution is 4.38. The van der Waals surface area contributed by atoms with Gasteiger partial charge in [-0.15, -0.1) is 6.42 Å². The van der Waals surface area contributed by atoms with E-state index in [1.165, 1.54) is 0 Å². The Morgan fingerprint density at radius 2 is 2.00 bits per heavy atom. The Hall–Kier alpha value is -0.130. The van der Waals surface area contributed by atoms with Crippen molar-refractivity contribution in [1.82, 2.24) is 0 Å². The lowest BCUT2D eigenvalue weighted by molar-refractivity contribution is 1.05. The molecule has 0 saturated heterocycles. The fourth-order valence-corrected chi connectivity index (χ4v) is 0. The number of unbranched alkanes of at least 4 members (excludes halogenated alkanes) is 1. The van der Waals surface area contributed by atoms with Gasteiger partial charge >= 0.3 is 0 Å². The molecule has 0 rings (SSSR count). The van der Waals surface area contributed by atoms with E-state index in [0.29, 0.717) is 0 Å². The third kappa shape index (κ3) is 1.87. The van der Waals surface area contributed by atoms with E-state index in [2.05, 4.69) is 13.8 Å². The van der Waals surface area contributed by atoms with Crippen LogP contribution in [0.5, 0.6) is 0 Å². The zero-order chi connectivity index (χ0) is 3.41. The summed E-state index contributed by atoms with van der Waals surface area (Å²) in [5, 5.41) is 0. The summed E-state index contributed by atoms with van der Waals surface area (Å²) >= 11 is 0. The SMILES string of the molecule is [CH2+]CC[CH2-]. The van der Waals surface area contributed by atoms with E-state index in [9.17, 15) is 0 Å². The van der Waals surface area contributed by atoms with E-state index < -0.39 is 0 Å². The molecule has 0 aliphatic rings. The van der Waals surface area contributed by atoms with Crippen LogP contribution in [-0.4, -0.2) is 0 Å². The molecule has 24 valence electrons. The summed E-state index contributed by atoms with van der Waals surface area (Å²) in [7, 11) is 0. The number of rotatable bonds is 1. The van der Waals surface area contributed by atoms with Crippen molar-refractivity contribution >= 4 is 0 Å². The molecule has 0 radical (unpaired) electrons. The first-order chi connectivity index (χ1) is 1.91. The molecule has 0 aromatic carbocycles. The van der Waals surface area contributed by atoms with Crippen molar-refractivity contribution < 1.29 is 0 Å². The van der Waals surface area contributed by atoms with E-state index in [1.54, 1.807) is 0 Å². The molecule has 4 heavy (non-hydrogen) atoms. The average molecular weight is 56.1 g/mol. The predicted octanol–water partition coefficient (Wildman–Crippen LogP) is 1.43. The van der Waals surface area contributed by atoms with Crippen molar-refractivity contribution in [2.24, 2.45) is 0 Å². The molecular formula is C4H8. The molecule has 0 aliphatic carbocycles. The summed E-state index contributed by atoms with van der Waals surface area (Å²) in [4.78, 5) is 0. The summed E-state index contributed by atoms with van der Waals surface area (Å²) in [6.07, 6.45) is 1.92. The highest BCUT2D eigenvalue weighted by atomic mass is 13.6. The Labute approximate surface area is 27.8 Å². The molecule has 0 N–H and O–H groups in total. The Bertz CT molecular complexity index is 2.00. The van der Waals surface area contributed by atoms with Crippen LogP contribution in [0, 0.1) is 13.8 Å². The van der Waals surface area contributed by atoms with Crippen LogP contribution >= 0.6 is 0 Å². The van der Waals surface area contributed by atoms with Crippen LogP contribution in [0.15, 0.2) is 0 Å². The molecule has 0 fully saturated rings. The summed E-state index contributed by atoms with van der Waals surface area (Å²) in [5.74, 6) is 0. The van der Waals surface area contributed by atoms with Crippen LogP contribution in [0.3, 0.4) is 0 Å². The third-order valence-electron chi connectivity index (χ3n) is 0.250. The summed E-state index contributed by atoms with van der Waals surface area (Å²) in [6, 6.07) is 0. The Morgan fingerprint density at radius 1 is 1.75 bits per heavy atom. The number of hydrogen-bond donors (Lipinski definition) is 0. The zero-order valence-corrected chi connectivity index (χ0v) is 2.83. The molecular weight excluding hydrogens is 48.0 g/mol. The lowest BCUT2D eigenvalue weighted by atomic mass is 10.4. The summed E-state index contributed by atoms with van der Waals surface area (Å²) < 4.78 is 0. The lowest BCUT2D eigenvalue weighted by Crippen LogP contribution is -1.49. The van der Waals surface area contributed by atoms with Gasteiger partial charge in [0.15, 0.2) is 0 Å². The zero-order valence-electron chi connectivity index (χ0n) is 2.83. The molecule has 0 saturated carbocycles. The van der Waals surface area contributed by atoms with Crippen LogP contribution in [-0.2, 0) is 0 Å². The minimum absolute atomic E-state index is 0.958. The second-order valence-corrected chi connectivity index (χ2v) is 0.707. The highest BCUT2D eigenvalue weighted by Gasteiger charge is 1.57. The quantitative estimate of drug-likeness (QED) is 0.399. The smallest absolute Gasteiger partial charge is 0.0587 e. The molecule has 0 aromatic rings. The Kier molecular flexibility index (Phi) is 2.78. The molecule has 0 aliphatic heterocycles. The normalized spacial score (nSPS) is 7.25. The molecule has 0 bridgehead atoms. The average Bonchev–Trinajstić information content (AvgIpc) is 1.37. The molecule has 0 spiro atoms.